The molecule has 0 aromatic carbocycles. The van der Waals surface area contributed by atoms with Gasteiger partial charge in [-0.05, 0) is 12.8 Å². The highest BCUT2D eigenvalue weighted by atomic mass is 16.5. The molecule has 0 rings (SSSR count). The number of nitrogens with two attached hydrogens (primary N) is 1. The molecule has 0 atom stereocenters. The smallest absolute Gasteiger partial charge is 0.325 e. The van der Waals surface area contributed by atoms with Crippen molar-refractivity contribution in [2.75, 3.05) is 20.1 Å². The van der Waals surface area contributed by atoms with Crippen molar-refractivity contribution in [3.05, 3.63) is 0 Å². The van der Waals surface area contributed by atoms with Gasteiger partial charge in [-0.3, -0.25) is 9.59 Å². The lowest BCUT2D eigenvalue weighted by molar-refractivity contribution is -0.144. The van der Waals surface area contributed by atoms with Crippen LogP contribution in [0.15, 0.2) is 4.99 Å². The molecule has 0 unspecified atom stereocenters. The molecule has 6 heteroatoms. The Labute approximate surface area is 151 Å². The van der Waals surface area contributed by atoms with E-state index in [2.05, 4.69) is 18.8 Å². The number of guanidine groups is 1. The van der Waals surface area contributed by atoms with Gasteiger partial charge in [0.05, 0.1) is 6.61 Å². The van der Waals surface area contributed by atoms with Gasteiger partial charge in [0.25, 0.3) is 0 Å². The van der Waals surface area contributed by atoms with Gasteiger partial charge in [0.15, 0.2) is 5.96 Å². The summed E-state index contributed by atoms with van der Waals surface area (Å²) in [7, 11) is 0. The van der Waals surface area contributed by atoms with Gasteiger partial charge in [0.1, 0.15) is 6.54 Å². The Hall–Kier alpha value is -1.59. The normalized spacial score (nSPS) is 13.8. The molecular weight excluding hydrogens is 306 g/mol. The molecule has 0 aromatic heterocycles. The maximum Gasteiger partial charge on any atom is 0.325 e. The van der Waals surface area contributed by atoms with Crippen LogP contribution >= 0.6 is 0 Å². The molecule has 1 amide bonds. The molecule has 0 aliphatic carbocycles. The van der Waals surface area contributed by atoms with Gasteiger partial charge in [0.2, 0.25) is 5.91 Å². The van der Waals surface area contributed by atoms with E-state index in [1.165, 1.54) is 0 Å². The SMILES string of the molecule is [2H]C([2H])([2H])N(CC(=O)OCCCCCCC)C(N)=NC(=O)CCCCCC. The zero-order chi connectivity index (χ0) is 20.7. The predicted molar refractivity (Wildman–Crippen MR) is 97.7 cm³/mol. The van der Waals surface area contributed by atoms with E-state index in [1.54, 1.807) is 0 Å². The van der Waals surface area contributed by atoms with Crippen LogP contribution in [0.25, 0.3) is 0 Å². The number of amides is 1. The summed E-state index contributed by atoms with van der Waals surface area (Å²) in [5, 5.41) is 0. The summed E-state index contributed by atoms with van der Waals surface area (Å²) in [6.07, 6.45) is 8.91. The number of aliphatic imine (C=N–C) groups is 1. The van der Waals surface area contributed by atoms with Gasteiger partial charge in [0, 0.05) is 17.5 Å². The molecule has 0 saturated heterocycles. The zero-order valence-electron chi connectivity index (χ0n) is 18.2. The van der Waals surface area contributed by atoms with Crippen molar-refractivity contribution in [2.45, 2.75) is 78.1 Å². The molecule has 0 saturated carbocycles. The second-order valence-corrected chi connectivity index (χ2v) is 5.90. The first-order valence-electron chi connectivity index (χ1n) is 10.5. The average Bonchev–Trinajstić information content (AvgIpc) is 2.58. The Morgan fingerprint density at radius 1 is 1.04 bits per heavy atom. The number of rotatable bonds is 13. The number of esters is 1. The molecule has 24 heavy (non-hydrogen) atoms. The molecule has 0 heterocycles. The molecule has 2 N–H and O–H groups in total. The second-order valence-electron chi connectivity index (χ2n) is 5.90. The number of unbranched alkanes of at least 4 members (excludes halogenated alkanes) is 7. The molecule has 0 aliphatic heterocycles. The number of carbonyl (C=O) groups is 2. The van der Waals surface area contributed by atoms with Gasteiger partial charge in [-0.15, -0.1) is 0 Å². The summed E-state index contributed by atoms with van der Waals surface area (Å²) in [4.78, 5) is 28.0. The van der Waals surface area contributed by atoms with E-state index >= 15 is 0 Å². The van der Waals surface area contributed by atoms with Crippen LogP contribution in [0, 0.1) is 0 Å². The summed E-state index contributed by atoms with van der Waals surface area (Å²) < 4.78 is 27.6. The van der Waals surface area contributed by atoms with E-state index in [4.69, 9.17) is 14.6 Å². The van der Waals surface area contributed by atoms with E-state index in [9.17, 15) is 9.59 Å². The van der Waals surface area contributed by atoms with Crippen LogP contribution in [-0.4, -0.2) is 42.9 Å². The van der Waals surface area contributed by atoms with Crippen LogP contribution in [0.4, 0.5) is 0 Å². The van der Waals surface area contributed by atoms with Crippen molar-refractivity contribution in [3.8, 4) is 0 Å². The first-order chi connectivity index (χ1) is 12.7. The number of carbonyl (C=O) groups excluding carboxylic acids is 2. The van der Waals surface area contributed by atoms with Gasteiger partial charge < -0.3 is 15.4 Å². The Bertz CT molecular complexity index is 469. The van der Waals surface area contributed by atoms with Gasteiger partial charge in [-0.2, -0.15) is 4.99 Å². The minimum Gasteiger partial charge on any atom is -0.464 e. The van der Waals surface area contributed by atoms with Crippen LogP contribution in [0.3, 0.4) is 0 Å². The molecule has 0 aromatic rings. The third kappa shape index (κ3) is 12.9. The highest BCUT2D eigenvalue weighted by Gasteiger charge is 2.11. The topological polar surface area (TPSA) is 85.0 Å². The fourth-order valence-electron chi connectivity index (χ4n) is 2.09. The fraction of sp³-hybridized carbons (Fsp3) is 0.833. The molecule has 0 radical (unpaired) electrons. The summed E-state index contributed by atoms with van der Waals surface area (Å²) in [5.41, 5.74) is 5.68. The van der Waals surface area contributed by atoms with Gasteiger partial charge in [-0.25, -0.2) is 0 Å². The molecule has 0 aliphatic rings. The van der Waals surface area contributed by atoms with Crippen LogP contribution in [0.1, 0.15) is 82.2 Å². The summed E-state index contributed by atoms with van der Waals surface area (Å²) in [5.74, 6) is -1.66. The van der Waals surface area contributed by atoms with Crippen molar-refractivity contribution >= 4 is 17.8 Å². The summed E-state index contributed by atoms with van der Waals surface area (Å²) in [6, 6.07) is 0. The first-order valence-corrected chi connectivity index (χ1v) is 9.02. The van der Waals surface area contributed by atoms with Crippen molar-refractivity contribution in [1.82, 2.24) is 4.90 Å². The Morgan fingerprint density at radius 3 is 2.29 bits per heavy atom. The third-order valence-corrected chi connectivity index (χ3v) is 3.56. The van der Waals surface area contributed by atoms with E-state index in [1.807, 2.05) is 0 Å². The summed E-state index contributed by atoms with van der Waals surface area (Å²) in [6.45, 7) is 1.17. The highest BCUT2D eigenvalue weighted by molar-refractivity contribution is 5.93. The lowest BCUT2D eigenvalue weighted by atomic mass is 10.1. The van der Waals surface area contributed by atoms with Crippen LogP contribution in [0.2, 0.25) is 0 Å². The van der Waals surface area contributed by atoms with Crippen molar-refractivity contribution in [2.24, 2.45) is 10.7 Å². The van der Waals surface area contributed by atoms with E-state index < -0.39 is 31.4 Å². The monoisotopic (exact) mass is 344 g/mol. The molecule has 0 fully saturated rings. The van der Waals surface area contributed by atoms with Crippen LogP contribution in [0.5, 0.6) is 0 Å². The Kier molecular flexibility index (Phi) is 10.8. The number of nitrogens with zero attached hydrogens (tertiary/aromatic N) is 2. The van der Waals surface area contributed by atoms with E-state index in [0.717, 1.165) is 51.4 Å². The maximum atomic E-state index is 11.9. The Morgan fingerprint density at radius 2 is 1.67 bits per heavy atom. The average molecular weight is 345 g/mol. The van der Waals surface area contributed by atoms with Crippen molar-refractivity contribution in [3.63, 3.8) is 0 Å². The van der Waals surface area contributed by atoms with E-state index in [0.29, 0.717) is 11.3 Å². The number of hydrogen-bond acceptors (Lipinski definition) is 3. The molecule has 140 valence electrons. The van der Waals surface area contributed by atoms with Crippen molar-refractivity contribution in [1.29, 1.82) is 0 Å². The fourth-order valence-corrected chi connectivity index (χ4v) is 2.09. The standard InChI is InChI=1S/C18H35N3O3/c1-4-6-8-10-12-14-24-17(23)15-21(3)18(19)20-16(22)13-11-9-7-5-2/h4-15H2,1-3H3,(H2,19,20,22)/i3D3. The van der Waals surface area contributed by atoms with E-state index in [-0.39, 0.29) is 13.0 Å². The van der Waals surface area contributed by atoms with Gasteiger partial charge in [-0.1, -0.05) is 58.8 Å². The number of hydrogen-bond donors (Lipinski definition) is 1. The molecular formula is C18H35N3O3. The molecule has 0 bridgehead atoms. The lowest BCUT2D eigenvalue weighted by Gasteiger charge is -2.16. The minimum absolute atomic E-state index is 0.206. The second kappa shape index (κ2) is 15.0. The van der Waals surface area contributed by atoms with Gasteiger partial charge >= 0.3 is 5.97 Å². The quantitative estimate of drug-likeness (QED) is 0.240. The predicted octanol–water partition coefficient (Wildman–Crippen LogP) is 3.24. The van der Waals surface area contributed by atoms with Crippen molar-refractivity contribution < 1.29 is 18.4 Å². The first kappa shape index (κ1) is 17.2. The highest BCUT2D eigenvalue weighted by Crippen LogP contribution is 2.04. The lowest BCUT2D eigenvalue weighted by Crippen LogP contribution is -2.39. The Balaban J connectivity index is 4.54. The molecule has 6 nitrogen and oxygen atoms in total. The third-order valence-electron chi connectivity index (χ3n) is 3.56. The largest absolute Gasteiger partial charge is 0.464 e. The van der Waals surface area contributed by atoms with Crippen LogP contribution in [-0.2, 0) is 14.3 Å². The zero-order valence-corrected chi connectivity index (χ0v) is 15.2. The van der Waals surface area contributed by atoms with Crippen LogP contribution < -0.4 is 5.73 Å². The molecule has 0 spiro atoms. The number of ether oxygens (including phenoxy) is 1. The number of likely N-dealkylation sites (N-methyl/N-ethyl adjacent to an activating group) is 1. The maximum absolute atomic E-state index is 11.9. The minimum atomic E-state index is -2.68. The summed E-state index contributed by atoms with van der Waals surface area (Å²) >= 11 is 0.